The van der Waals surface area contributed by atoms with Gasteiger partial charge >= 0.3 is 0 Å². The molecule has 0 radical (unpaired) electrons. The van der Waals surface area contributed by atoms with Crippen molar-refractivity contribution in [3.05, 3.63) is 60.9 Å². The lowest BCUT2D eigenvalue weighted by molar-refractivity contribution is 0.398. The number of benzene rings is 1. The van der Waals surface area contributed by atoms with Crippen LogP contribution in [0.1, 0.15) is 0 Å². The predicted molar refractivity (Wildman–Crippen MR) is 90.3 cm³/mol. The van der Waals surface area contributed by atoms with Gasteiger partial charge in [0.25, 0.3) is 0 Å². The molecule has 24 heavy (non-hydrogen) atoms. The number of aromatic hydroxyl groups is 1. The van der Waals surface area contributed by atoms with E-state index in [4.69, 9.17) is 4.74 Å². The highest BCUT2D eigenvalue weighted by Gasteiger charge is 2.15. The van der Waals surface area contributed by atoms with Crippen molar-refractivity contribution in [3.63, 3.8) is 0 Å². The smallest absolute Gasteiger partial charge is 0.213 e. The first-order valence-electron chi connectivity index (χ1n) is 7.39. The highest BCUT2D eigenvalue weighted by Crippen LogP contribution is 2.29. The SMILES string of the molecule is COc1ccc(-n2c(-c3ccccn3)nc3cc(O)ccc32)cn1. The number of ether oxygens (including phenoxy) is 1. The van der Waals surface area contributed by atoms with E-state index < -0.39 is 0 Å². The van der Waals surface area contributed by atoms with Crippen LogP contribution in [0.25, 0.3) is 28.2 Å². The molecule has 1 N–H and O–H groups in total. The zero-order valence-electron chi connectivity index (χ0n) is 12.9. The van der Waals surface area contributed by atoms with Gasteiger partial charge in [-0.1, -0.05) is 6.07 Å². The van der Waals surface area contributed by atoms with Crippen molar-refractivity contribution in [2.45, 2.75) is 0 Å². The van der Waals surface area contributed by atoms with E-state index in [-0.39, 0.29) is 5.75 Å². The fraction of sp³-hybridized carbons (Fsp3) is 0.0556. The third-order valence-corrected chi connectivity index (χ3v) is 3.72. The molecule has 1 aromatic carbocycles. The predicted octanol–water partition coefficient (Wildman–Crippen LogP) is 3.20. The van der Waals surface area contributed by atoms with E-state index in [1.54, 1.807) is 37.7 Å². The van der Waals surface area contributed by atoms with Gasteiger partial charge in [-0.25, -0.2) is 9.97 Å². The Kier molecular flexibility index (Phi) is 3.35. The summed E-state index contributed by atoms with van der Waals surface area (Å²) in [6.07, 6.45) is 3.45. The monoisotopic (exact) mass is 318 g/mol. The average Bonchev–Trinajstić information content (AvgIpc) is 3.01. The first-order chi connectivity index (χ1) is 11.8. The lowest BCUT2D eigenvalue weighted by atomic mass is 10.3. The van der Waals surface area contributed by atoms with Crippen LogP contribution in [0.3, 0.4) is 0 Å². The number of aromatic nitrogens is 4. The largest absolute Gasteiger partial charge is 0.508 e. The average molecular weight is 318 g/mol. The van der Waals surface area contributed by atoms with E-state index in [1.807, 2.05) is 34.9 Å². The molecule has 4 aromatic rings. The van der Waals surface area contributed by atoms with E-state index in [9.17, 15) is 5.11 Å². The van der Waals surface area contributed by atoms with Crippen LogP contribution < -0.4 is 4.74 Å². The van der Waals surface area contributed by atoms with Crippen molar-refractivity contribution in [3.8, 4) is 28.8 Å². The fourth-order valence-electron chi connectivity index (χ4n) is 2.62. The normalized spacial score (nSPS) is 10.9. The standard InChI is InChI=1S/C18H14N4O2/c1-24-17-8-5-12(11-20-17)22-16-7-6-13(23)10-15(16)21-18(22)14-4-2-3-9-19-14/h2-11,23H,1H3. The number of pyridine rings is 2. The Morgan fingerprint density at radius 3 is 2.67 bits per heavy atom. The maximum Gasteiger partial charge on any atom is 0.213 e. The number of imidazole rings is 1. The Hall–Kier alpha value is -3.41. The maximum atomic E-state index is 9.75. The van der Waals surface area contributed by atoms with Gasteiger partial charge in [-0.3, -0.25) is 9.55 Å². The molecule has 0 bridgehead atoms. The highest BCUT2D eigenvalue weighted by atomic mass is 16.5. The summed E-state index contributed by atoms with van der Waals surface area (Å²) in [6, 6.07) is 14.5. The number of methoxy groups -OCH3 is 1. The highest BCUT2D eigenvalue weighted by molar-refractivity contribution is 5.83. The van der Waals surface area contributed by atoms with Gasteiger partial charge in [0, 0.05) is 18.3 Å². The molecule has 118 valence electrons. The lowest BCUT2D eigenvalue weighted by Gasteiger charge is -2.09. The van der Waals surface area contributed by atoms with Gasteiger partial charge in [-0.15, -0.1) is 0 Å². The van der Waals surface area contributed by atoms with Crippen LogP contribution in [0.2, 0.25) is 0 Å². The van der Waals surface area contributed by atoms with Crippen molar-refractivity contribution in [2.24, 2.45) is 0 Å². The number of hydrogen-bond acceptors (Lipinski definition) is 5. The summed E-state index contributed by atoms with van der Waals surface area (Å²) in [6.45, 7) is 0. The summed E-state index contributed by atoms with van der Waals surface area (Å²) >= 11 is 0. The number of fused-ring (bicyclic) bond motifs is 1. The molecule has 0 aliphatic heterocycles. The zero-order valence-corrected chi connectivity index (χ0v) is 12.9. The van der Waals surface area contributed by atoms with Crippen LogP contribution in [0.15, 0.2) is 60.9 Å². The van der Waals surface area contributed by atoms with Crippen molar-refractivity contribution >= 4 is 11.0 Å². The van der Waals surface area contributed by atoms with Crippen LogP contribution in [0, 0.1) is 0 Å². The summed E-state index contributed by atoms with van der Waals surface area (Å²) in [7, 11) is 1.58. The minimum absolute atomic E-state index is 0.174. The summed E-state index contributed by atoms with van der Waals surface area (Å²) in [4.78, 5) is 13.3. The molecule has 4 rings (SSSR count). The molecule has 0 unspecified atom stereocenters. The topological polar surface area (TPSA) is 73.1 Å². The van der Waals surface area contributed by atoms with Gasteiger partial charge in [0.05, 0.1) is 30.0 Å². The number of phenolic OH excluding ortho intramolecular Hbond substituents is 1. The Morgan fingerprint density at radius 1 is 1.04 bits per heavy atom. The summed E-state index contributed by atoms with van der Waals surface area (Å²) in [5, 5.41) is 9.75. The van der Waals surface area contributed by atoms with E-state index in [1.165, 1.54) is 0 Å². The minimum atomic E-state index is 0.174. The van der Waals surface area contributed by atoms with Gasteiger partial charge in [-0.05, 0) is 30.3 Å². The molecule has 0 amide bonds. The molecule has 0 fully saturated rings. The molecule has 3 heterocycles. The Labute approximate surface area is 138 Å². The van der Waals surface area contributed by atoms with E-state index >= 15 is 0 Å². The van der Waals surface area contributed by atoms with Gasteiger partial charge < -0.3 is 9.84 Å². The zero-order chi connectivity index (χ0) is 16.5. The number of nitrogens with zero attached hydrogens (tertiary/aromatic N) is 4. The molecular formula is C18H14N4O2. The Balaban J connectivity index is 2.00. The van der Waals surface area contributed by atoms with Crippen LogP contribution in [-0.4, -0.2) is 31.7 Å². The second-order valence-electron chi connectivity index (χ2n) is 5.22. The third kappa shape index (κ3) is 2.34. The number of hydrogen-bond donors (Lipinski definition) is 1. The first-order valence-corrected chi connectivity index (χ1v) is 7.39. The van der Waals surface area contributed by atoms with Crippen LogP contribution in [0.5, 0.6) is 11.6 Å². The summed E-state index contributed by atoms with van der Waals surface area (Å²) < 4.78 is 7.09. The van der Waals surface area contributed by atoms with Gasteiger partial charge in [0.2, 0.25) is 5.88 Å². The minimum Gasteiger partial charge on any atom is -0.508 e. The number of rotatable bonds is 3. The molecule has 0 aliphatic rings. The molecule has 0 spiro atoms. The van der Waals surface area contributed by atoms with E-state index in [0.29, 0.717) is 17.2 Å². The molecule has 0 atom stereocenters. The van der Waals surface area contributed by atoms with Crippen molar-refractivity contribution < 1.29 is 9.84 Å². The molecule has 6 heteroatoms. The van der Waals surface area contributed by atoms with Crippen molar-refractivity contribution in [2.75, 3.05) is 7.11 Å². The lowest BCUT2D eigenvalue weighted by Crippen LogP contribution is -1.99. The fourth-order valence-corrected chi connectivity index (χ4v) is 2.62. The number of phenols is 1. The summed E-state index contributed by atoms with van der Waals surface area (Å²) in [5.74, 6) is 1.40. The van der Waals surface area contributed by atoms with E-state index in [0.717, 1.165) is 16.9 Å². The van der Waals surface area contributed by atoms with Gasteiger partial charge in [-0.2, -0.15) is 0 Å². The Bertz CT molecular complexity index is 995. The van der Waals surface area contributed by atoms with Crippen molar-refractivity contribution in [1.29, 1.82) is 0 Å². The van der Waals surface area contributed by atoms with Crippen molar-refractivity contribution in [1.82, 2.24) is 19.5 Å². The van der Waals surface area contributed by atoms with Crippen LogP contribution in [0.4, 0.5) is 0 Å². The second kappa shape index (κ2) is 5.66. The molecule has 0 saturated carbocycles. The third-order valence-electron chi connectivity index (χ3n) is 3.72. The molecular weight excluding hydrogens is 304 g/mol. The summed E-state index contributed by atoms with van der Waals surface area (Å²) in [5.41, 5.74) is 3.13. The molecule has 3 aromatic heterocycles. The maximum absolute atomic E-state index is 9.75. The van der Waals surface area contributed by atoms with Crippen LogP contribution in [-0.2, 0) is 0 Å². The van der Waals surface area contributed by atoms with Crippen LogP contribution >= 0.6 is 0 Å². The molecule has 0 saturated heterocycles. The quantitative estimate of drug-likeness (QED) is 0.628. The first kappa shape index (κ1) is 14.2. The second-order valence-corrected chi connectivity index (χ2v) is 5.22. The Morgan fingerprint density at radius 2 is 1.96 bits per heavy atom. The molecule has 0 aliphatic carbocycles. The van der Waals surface area contributed by atoms with Gasteiger partial charge in [0.15, 0.2) is 5.82 Å². The van der Waals surface area contributed by atoms with E-state index in [2.05, 4.69) is 15.0 Å². The molecule has 6 nitrogen and oxygen atoms in total. The van der Waals surface area contributed by atoms with Gasteiger partial charge in [0.1, 0.15) is 11.4 Å².